The number of anilines is 1. The van der Waals surface area contributed by atoms with Crippen molar-refractivity contribution in [2.45, 2.75) is 16.2 Å². The molecule has 2 amide bonds. The Balaban J connectivity index is 1.78. The van der Waals surface area contributed by atoms with Gasteiger partial charge >= 0.3 is 0 Å². The van der Waals surface area contributed by atoms with Crippen LogP contribution >= 0.6 is 39.5 Å². The van der Waals surface area contributed by atoms with Gasteiger partial charge in [-0.05, 0) is 64.1 Å². The molecule has 2 rings (SSSR count). The Labute approximate surface area is 164 Å². The number of benzene rings is 2. The van der Waals surface area contributed by atoms with Crippen LogP contribution in [0, 0.1) is 0 Å². The van der Waals surface area contributed by atoms with Crippen molar-refractivity contribution >= 4 is 56.3 Å². The SMILES string of the molecule is CN(C)C(=O)Sc1ccc(NC(=O)CCSc2ccccc2Br)cc1. The molecule has 0 aliphatic rings. The smallest absolute Gasteiger partial charge is 0.285 e. The first-order valence-electron chi connectivity index (χ1n) is 7.62. The summed E-state index contributed by atoms with van der Waals surface area (Å²) in [5, 5.41) is 2.85. The van der Waals surface area contributed by atoms with Gasteiger partial charge in [0, 0.05) is 46.2 Å². The first-order valence-corrected chi connectivity index (χ1v) is 10.2. The van der Waals surface area contributed by atoms with E-state index in [4.69, 9.17) is 0 Å². The first-order chi connectivity index (χ1) is 12.0. The van der Waals surface area contributed by atoms with Gasteiger partial charge in [-0.2, -0.15) is 0 Å². The molecule has 0 fully saturated rings. The number of amides is 2. The largest absolute Gasteiger partial charge is 0.339 e. The number of hydrogen-bond acceptors (Lipinski definition) is 4. The fourth-order valence-electron chi connectivity index (χ4n) is 1.84. The highest BCUT2D eigenvalue weighted by Crippen LogP contribution is 2.27. The molecule has 0 saturated heterocycles. The fraction of sp³-hybridized carbons (Fsp3) is 0.222. The van der Waals surface area contributed by atoms with Gasteiger partial charge in [-0.25, -0.2) is 0 Å². The van der Waals surface area contributed by atoms with Crippen LogP contribution in [0.15, 0.2) is 62.8 Å². The van der Waals surface area contributed by atoms with Gasteiger partial charge in [0.2, 0.25) is 5.91 Å². The third-order valence-corrected chi connectivity index (χ3v) is 6.21. The van der Waals surface area contributed by atoms with E-state index in [1.165, 1.54) is 4.90 Å². The Kier molecular flexibility index (Phi) is 7.87. The normalized spacial score (nSPS) is 10.4. The van der Waals surface area contributed by atoms with E-state index in [9.17, 15) is 9.59 Å². The van der Waals surface area contributed by atoms with Crippen molar-refractivity contribution in [1.29, 1.82) is 0 Å². The van der Waals surface area contributed by atoms with Gasteiger partial charge in [0.15, 0.2) is 0 Å². The van der Waals surface area contributed by atoms with Crippen LogP contribution < -0.4 is 5.32 Å². The molecule has 0 heterocycles. The number of rotatable bonds is 6. The number of nitrogens with zero attached hydrogens (tertiary/aromatic N) is 1. The number of thioether (sulfide) groups is 2. The predicted molar refractivity (Wildman–Crippen MR) is 109 cm³/mol. The van der Waals surface area contributed by atoms with Gasteiger partial charge in [-0.3, -0.25) is 9.59 Å². The highest BCUT2D eigenvalue weighted by Gasteiger charge is 2.08. The number of halogens is 1. The molecule has 0 spiro atoms. The molecule has 2 aromatic rings. The summed E-state index contributed by atoms with van der Waals surface area (Å²) in [4.78, 5) is 27.2. The number of carbonyl (C=O) groups is 2. The minimum Gasteiger partial charge on any atom is -0.339 e. The Morgan fingerprint density at radius 2 is 1.76 bits per heavy atom. The van der Waals surface area contributed by atoms with Gasteiger partial charge in [0.05, 0.1) is 0 Å². The molecule has 0 saturated carbocycles. The van der Waals surface area contributed by atoms with Crippen molar-refractivity contribution in [3.8, 4) is 0 Å². The van der Waals surface area contributed by atoms with Crippen molar-refractivity contribution in [2.24, 2.45) is 0 Å². The van der Waals surface area contributed by atoms with Gasteiger partial charge < -0.3 is 10.2 Å². The molecule has 0 unspecified atom stereocenters. The summed E-state index contributed by atoms with van der Waals surface area (Å²) < 4.78 is 1.04. The maximum absolute atomic E-state index is 12.0. The van der Waals surface area contributed by atoms with Crippen LogP contribution in [0.4, 0.5) is 10.5 Å². The van der Waals surface area contributed by atoms with Gasteiger partial charge in [-0.1, -0.05) is 12.1 Å². The molecular weight excluding hydrogens is 420 g/mol. The Morgan fingerprint density at radius 1 is 1.08 bits per heavy atom. The fourth-order valence-corrected chi connectivity index (χ4v) is 4.01. The number of nitrogens with one attached hydrogen (secondary N) is 1. The Morgan fingerprint density at radius 3 is 2.40 bits per heavy atom. The third-order valence-electron chi connectivity index (χ3n) is 3.13. The van der Waals surface area contributed by atoms with Crippen LogP contribution in [0.5, 0.6) is 0 Å². The van der Waals surface area contributed by atoms with Crippen molar-refractivity contribution < 1.29 is 9.59 Å². The Hall–Kier alpha value is -1.44. The van der Waals surface area contributed by atoms with Gasteiger partial charge in [-0.15, -0.1) is 11.8 Å². The van der Waals surface area contributed by atoms with Crippen LogP contribution in [0.25, 0.3) is 0 Å². The lowest BCUT2D eigenvalue weighted by Crippen LogP contribution is -2.16. The van der Waals surface area contributed by atoms with E-state index in [1.807, 2.05) is 48.5 Å². The molecule has 0 aliphatic heterocycles. The summed E-state index contributed by atoms with van der Waals surface area (Å²) in [7, 11) is 3.44. The zero-order valence-corrected chi connectivity index (χ0v) is 17.2. The molecule has 1 N–H and O–H groups in total. The molecule has 0 radical (unpaired) electrons. The minimum absolute atomic E-state index is 0.0238. The second-order valence-electron chi connectivity index (χ2n) is 5.36. The summed E-state index contributed by atoms with van der Waals surface area (Å²) >= 11 is 6.30. The highest BCUT2D eigenvalue weighted by molar-refractivity contribution is 9.10. The lowest BCUT2D eigenvalue weighted by atomic mass is 10.3. The number of hydrogen-bond donors (Lipinski definition) is 1. The quantitative estimate of drug-likeness (QED) is 0.617. The molecular formula is C18H19BrN2O2S2. The van der Waals surface area contributed by atoms with Crippen molar-refractivity contribution in [3.63, 3.8) is 0 Å². The van der Waals surface area contributed by atoms with Crippen LogP contribution in [-0.2, 0) is 4.79 Å². The van der Waals surface area contributed by atoms with E-state index in [2.05, 4.69) is 21.2 Å². The predicted octanol–water partition coefficient (Wildman–Crippen LogP) is 5.34. The second kappa shape index (κ2) is 9.89. The second-order valence-corrected chi connectivity index (χ2v) is 8.38. The Bertz CT molecular complexity index is 736. The molecule has 4 nitrogen and oxygen atoms in total. The molecule has 7 heteroatoms. The molecule has 0 aromatic heterocycles. The van der Waals surface area contributed by atoms with Crippen molar-refractivity contribution in [2.75, 3.05) is 25.2 Å². The van der Waals surface area contributed by atoms with E-state index in [1.54, 1.807) is 25.9 Å². The summed E-state index contributed by atoms with van der Waals surface area (Å²) in [6, 6.07) is 15.2. The lowest BCUT2D eigenvalue weighted by Gasteiger charge is -2.10. The summed E-state index contributed by atoms with van der Waals surface area (Å²) in [5.41, 5.74) is 0.734. The third kappa shape index (κ3) is 6.76. The van der Waals surface area contributed by atoms with Crippen molar-refractivity contribution in [1.82, 2.24) is 4.90 Å². The zero-order chi connectivity index (χ0) is 18.2. The monoisotopic (exact) mass is 438 g/mol. The molecule has 0 atom stereocenters. The summed E-state index contributed by atoms with van der Waals surface area (Å²) in [5.74, 6) is 0.684. The van der Waals surface area contributed by atoms with E-state index >= 15 is 0 Å². The average Bonchev–Trinajstić information content (AvgIpc) is 2.58. The van der Waals surface area contributed by atoms with Crippen LogP contribution in [0.3, 0.4) is 0 Å². The van der Waals surface area contributed by atoms with Crippen molar-refractivity contribution in [3.05, 3.63) is 53.0 Å². The molecule has 25 heavy (non-hydrogen) atoms. The maximum Gasteiger partial charge on any atom is 0.285 e. The van der Waals surface area contributed by atoms with E-state index < -0.39 is 0 Å². The van der Waals surface area contributed by atoms with E-state index in [0.29, 0.717) is 12.2 Å². The average molecular weight is 439 g/mol. The standard InChI is InChI=1S/C18H19BrN2O2S2/c1-21(2)18(23)25-14-9-7-13(8-10-14)20-17(22)11-12-24-16-6-4-3-5-15(16)19/h3-10H,11-12H2,1-2H3,(H,20,22). The lowest BCUT2D eigenvalue weighted by molar-refractivity contribution is -0.115. The highest BCUT2D eigenvalue weighted by atomic mass is 79.9. The topological polar surface area (TPSA) is 49.4 Å². The van der Waals surface area contributed by atoms with Crippen LogP contribution in [-0.4, -0.2) is 35.9 Å². The van der Waals surface area contributed by atoms with Gasteiger partial charge in [0.25, 0.3) is 5.24 Å². The maximum atomic E-state index is 12.0. The van der Waals surface area contributed by atoms with Crippen LogP contribution in [0.1, 0.15) is 6.42 Å². The first kappa shape index (κ1) is 19.9. The van der Waals surface area contributed by atoms with E-state index in [-0.39, 0.29) is 11.1 Å². The van der Waals surface area contributed by atoms with Gasteiger partial charge in [0.1, 0.15) is 0 Å². The zero-order valence-electron chi connectivity index (χ0n) is 14.0. The molecule has 0 bridgehead atoms. The number of carbonyl (C=O) groups excluding carboxylic acids is 2. The van der Waals surface area contributed by atoms with Crippen LogP contribution in [0.2, 0.25) is 0 Å². The summed E-state index contributed by atoms with van der Waals surface area (Å²) in [6.07, 6.45) is 0.432. The molecule has 132 valence electrons. The summed E-state index contributed by atoms with van der Waals surface area (Å²) in [6.45, 7) is 0. The minimum atomic E-state index is -0.0270. The molecule has 2 aromatic carbocycles. The van der Waals surface area contributed by atoms with E-state index in [0.717, 1.165) is 31.7 Å². The molecule has 0 aliphatic carbocycles.